The second-order valence-electron chi connectivity index (χ2n) is 4.71. The Bertz CT molecular complexity index is 394. The molecule has 0 aromatic carbocycles. The largest absolute Gasteiger partial charge is 0.481 e. The first-order chi connectivity index (χ1) is 7.96. The molecule has 0 bridgehead atoms. The highest BCUT2D eigenvalue weighted by Crippen LogP contribution is 2.21. The SMILES string of the molecule is O=C(O)C1CNCC(OC2CCS(=O)(=O)C2)C1. The van der Waals surface area contributed by atoms with Crippen molar-refractivity contribution in [3.63, 3.8) is 0 Å². The van der Waals surface area contributed by atoms with Crippen LogP contribution in [-0.4, -0.2) is 56.3 Å². The minimum atomic E-state index is -2.94. The third kappa shape index (κ3) is 3.40. The van der Waals surface area contributed by atoms with Crippen molar-refractivity contribution in [3.05, 3.63) is 0 Å². The Morgan fingerprint density at radius 1 is 1.29 bits per heavy atom. The summed E-state index contributed by atoms with van der Waals surface area (Å²) < 4.78 is 28.2. The molecule has 3 atom stereocenters. The average Bonchev–Trinajstić information content (AvgIpc) is 2.58. The fourth-order valence-electron chi connectivity index (χ4n) is 2.33. The van der Waals surface area contributed by atoms with Gasteiger partial charge in [0.2, 0.25) is 0 Å². The van der Waals surface area contributed by atoms with E-state index in [0.717, 1.165) is 0 Å². The number of hydrogen-bond donors (Lipinski definition) is 2. The van der Waals surface area contributed by atoms with Gasteiger partial charge >= 0.3 is 5.97 Å². The van der Waals surface area contributed by atoms with Crippen molar-refractivity contribution >= 4 is 15.8 Å². The minimum absolute atomic E-state index is 0.0707. The van der Waals surface area contributed by atoms with Crippen LogP contribution >= 0.6 is 0 Å². The highest BCUT2D eigenvalue weighted by Gasteiger charge is 2.33. The summed E-state index contributed by atoms with van der Waals surface area (Å²) in [5.41, 5.74) is 0. The van der Waals surface area contributed by atoms with Gasteiger partial charge in [0.1, 0.15) is 0 Å². The van der Waals surface area contributed by atoms with Crippen LogP contribution < -0.4 is 5.32 Å². The van der Waals surface area contributed by atoms with Crippen LogP contribution in [0.15, 0.2) is 0 Å². The molecule has 0 aliphatic carbocycles. The predicted octanol–water partition coefficient (Wildman–Crippen LogP) is -0.747. The van der Waals surface area contributed by atoms with Crippen molar-refractivity contribution in [1.82, 2.24) is 5.32 Å². The second-order valence-corrected chi connectivity index (χ2v) is 6.94. The summed E-state index contributed by atoms with van der Waals surface area (Å²) in [6.07, 6.45) is 0.526. The monoisotopic (exact) mass is 263 g/mol. The zero-order chi connectivity index (χ0) is 12.5. The maximum atomic E-state index is 11.3. The van der Waals surface area contributed by atoms with E-state index < -0.39 is 21.7 Å². The van der Waals surface area contributed by atoms with Crippen molar-refractivity contribution in [3.8, 4) is 0 Å². The molecule has 98 valence electrons. The molecule has 0 radical (unpaired) electrons. The number of carboxylic acids is 1. The number of carbonyl (C=O) groups is 1. The van der Waals surface area contributed by atoms with Crippen molar-refractivity contribution in [1.29, 1.82) is 0 Å². The number of nitrogens with one attached hydrogen (secondary N) is 1. The van der Waals surface area contributed by atoms with Crippen molar-refractivity contribution in [2.45, 2.75) is 25.0 Å². The molecule has 0 aromatic rings. The van der Waals surface area contributed by atoms with Gasteiger partial charge < -0.3 is 15.2 Å². The third-order valence-corrected chi connectivity index (χ3v) is 4.97. The normalized spacial score (nSPS) is 36.8. The van der Waals surface area contributed by atoms with Gasteiger partial charge in [-0.05, 0) is 12.8 Å². The molecule has 3 unspecified atom stereocenters. The smallest absolute Gasteiger partial charge is 0.307 e. The van der Waals surface area contributed by atoms with E-state index in [1.54, 1.807) is 0 Å². The molecule has 2 aliphatic heterocycles. The summed E-state index contributed by atoms with van der Waals surface area (Å²) in [7, 11) is -2.94. The van der Waals surface area contributed by atoms with Crippen LogP contribution in [0.2, 0.25) is 0 Å². The summed E-state index contributed by atoms with van der Waals surface area (Å²) in [4.78, 5) is 10.8. The lowest BCUT2D eigenvalue weighted by Crippen LogP contribution is -2.45. The van der Waals surface area contributed by atoms with Gasteiger partial charge in [-0.1, -0.05) is 0 Å². The highest BCUT2D eigenvalue weighted by molar-refractivity contribution is 7.91. The molecule has 0 aromatic heterocycles. The number of piperidine rings is 1. The number of rotatable bonds is 3. The molecule has 17 heavy (non-hydrogen) atoms. The molecule has 2 saturated heterocycles. The summed E-state index contributed by atoms with van der Waals surface area (Å²) in [6, 6.07) is 0. The molecule has 2 fully saturated rings. The predicted molar refractivity (Wildman–Crippen MR) is 60.5 cm³/mol. The van der Waals surface area contributed by atoms with Gasteiger partial charge in [-0.2, -0.15) is 0 Å². The molecular formula is C10H17NO5S. The highest BCUT2D eigenvalue weighted by atomic mass is 32.2. The van der Waals surface area contributed by atoms with E-state index in [9.17, 15) is 13.2 Å². The van der Waals surface area contributed by atoms with Gasteiger partial charge in [0, 0.05) is 13.1 Å². The Kier molecular flexibility index (Phi) is 3.70. The van der Waals surface area contributed by atoms with Crippen molar-refractivity contribution in [2.75, 3.05) is 24.6 Å². The van der Waals surface area contributed by atoms with E-state index in [1.165, 1.54) is 0 Å². The Hall–Kier alpha value is -0.660. The summed E-state index contributed by atoms with van der Waals surface area (Å²) in [6.45, 7) is 1.05. The standard InChI is InChI=1S/C10H17NO5S/c12-10(13)7-3-9(5-11-4-7)16-8-1-2-17(14,15)6-8/h7-9,11H,1-6H2,(H,12,13). The van der Waals surface area contributed by atoms with E-state index in [0.29, 0.717) is 25.9 Å². The zero-order valence-corrected chi connectivity index (χ0v) is 10.3. The van der Waals surface area contributed by atoms with E-state index in [4.69, 9.17) is 9.84 Å². The topological polar surface area (TPSA) is 92.7 Å². The Balaban J connectivity index is 1.85. The van der Waals surface area contributed by atoms with Gasteiger partial charge in [0.15, 0.2) is 9.84 Å². The maximum absolute atomic E-state index is 11.3. The van der Waals surface area contributed by atoms with E-state index >= 15 is 0 Å². The Morgan fingerprint density at radius 2 is 2.06 bits per heavy atom. The number of ether oxygens (including phenoxy) is 1. The number of sulfone groups is 1. The summed E-state index contributed by atoms with van der Waals surface area (Å²) in [5, 5.41) is 11.9. The molecule has 7 heteroatoms. The molecule has 2 aliphatic rings. The van der Waals surface area contributed by atoms with Crippen LogP contribution in [0.4, 0.5) is 0 Å². The van der Waals surface area contributed by atoms with Crippen molar-refractivity contribution in [2.24, 2.45) is 5.92 Å². The minimum Gasteiger partial charge on any atom is -0.481 e. The molecule has 0 amide bonds. The molecule has 2 rings (SSSR count). The first-order valence-electron chi connectivity index (χ1n) is 5.76. The quantitative estimate of drug-likeness (QED) is 0.696. The van der Waals surface area contributed by atoms with Gasteiger partial charge in [-0.15, -0.1) is 0 Å². The van der Waals surface area contributed by atoms with Crippen LogP contribution in [0.5, 0.6) is 0 Å². The van der Waals surface area contributed by atoms with E-state index in [1.807, 2.05) is 0 Å². The van der Waals surface area contributed by atoms with Gasteiger partial charge in [0.25, 0.3) is 0 Å². The average molecular weight is 263 g/mol. The maximum Gasteiger partial charge on any atom is 0.307 e. The van der Waals surface area contributed by atoms with Crippen LogP contribution in [-0.2, 0) is 19.4 Å². The van der Waals surface area contributed by atoms with Gasteiger partial charge in [-0.3, -0.25) is 4.79 Å². The van der Waals surface area contributed by atoms with Crippen LogP contribution in [0.1, 0.15) is 12.8 Å². The first-order valence-corrected chi connectivity index (χ1v) is 7.58. The van der Waals surface area contributed by atoms with Gasteiger partial charge in [-0.25, -0.2) is 8.42 Å². The molecular weight excluding hydrogens is 246 g/mol. The number of aliphatic carboxylic acids is 1. The fourth-order valence-corrected chi connectivity index (χ4v) is 3.94. The fraction of sp³-hybridized carbons (Fsp3) is 0.900. The third-order valence-electron chi connectivity index (χ3n) is 3.23. The summed E-state index contributed by atoms with van der Waals surface area (Å²) >= 11 is 0. The molecule has 2 heterocycles. The van der Waals surface area contributed by atoms with Gasteiger partial charge in [0.05, 0.1) is 29.6 Å². The van der Waals surface area contributed by atoms with E-state index in [2.05, 4.69) is 5.32 Å². The zero-order valence-electron chi connectivity index (χ0n) is 9.46. The number of hydrogen-bond acceptors (Lipinski definition) is 5. The van der Waals surface area contributed by atoms with Crippen molar-refractivity contribution < 1.29 is 23.1 Å². The second kappa shape index (κ2) is 4.91. The Labute approximate surface area is 100 Å². The molecule has 0 saturated carbocycles. The van der Waals surface area contributed by atoms with E-state index in [-0.39, 0.29) is 23.7 Å². The molecule has 6 nitrogen and oxygen atoms in total. The van der Waals surface area contributed by atoms with Crippen LogP contribution in [0.3, 0.4) is 0 Å². The Morgan fingerprint density at radius 3 is 2.65 bits per heavy atom. The van der Waals surface area contributed by atoms with Crippen LogP contribution in [0, 0.1) is 5.92 Å². The first kappa shape index (κ1) is 12.8. The number of carboxylic acid groups (broad SMARTS) is 1. The van der Waals surface area contributed by atoms with Crippen LogP contribution in [0.25, 0.3) is 0 Å². The molecule has 2 N–H and O–H groups in total. The lowest BCUT2D eigenvalue weighted by atomic mass is 9.97. The lowest BCUT2D eigenvalue weighted by Gasteiger charge is -2.29. The molecule has 0 spiro atoms. The lowest BCUT2D eigenvalue weighted by molar-refractivity contribution is -0.144. The summed E-state index contributed by atoms with van der Waals surface area (Å²) in [5.74, 6) is -1.02.